The molecular formula is C16H18N2O2. The summed E-state index contributed by atoms with van der Waals surface area (Å²) in [5.74, 6) is 0.827. The molecule has 1 unspecified atom stereocenters. The van der Waals surface area contributed by atoms with Gasteiger partial charge in [-0.2, -0.15) is 5.10 Å². The molecule has 0 aliphatic carbocycles. The second-order valence-corrected chi connectivity index (χ2v) is 5.29. The minimum atomic E-state index is -0.221. The predicted molar refractivity (Wildman–Crippen MR) is 76.1 cm³/mol. The lowest BCUT2D eigenvalue weighted by Crippen LogP contribution is -2.21. The lowest BCUT2D eigenvalue weighted by atomic mass is 9.95. The summed E-state index contributed by atoms with van der Waals surface area (Å²) in [5.41, 5.74) is 3.80. The summed E-state index contributed by atoms with van der Waals surface area (Å²) in [7, 11) is 1.89. The summed E-state index contributed by atoms with van der Waals surface area (Å²) in [4.78, 5) is 12.3. The molecule has 0 radical (unpaired) electrons. The third-order valence-electron chi connectivity index (χ3n) is 3.69. The number of Topliss-reactive ketones (excluding diaryl/α,β-unsaturated/α-hetero) is 1. The van der Waals surface area contributed by atoms with Crippen molar-refractivity contribution >= 4 is 5.78 Å². The Morgan fingerprint density at radius 3 is 3.00 bits per heavy atom. The average molecular weight is 270 g/mol. The fourth-order valence-corrected chi connectivity index (χ4v) is 2.71. The topological polar surface area (TPSA) is 44.1 Å². The summed E-state index contributed by atoms with van der Waals surface area (Å²) in [5, 5.41) is 4.42. The van der Waals surface area contributed by atoms with Crippen LogP contribution in [0.4, 0.5) is 0 Å². The van der Waals surface area contributed by atoms with Gasteiger partial charge in [0.15, 0.2) is 5.78 Å². The van der Waals surface area contributed by atoms with Crippen LogP contribution in [0.15, 0.2) is 24.4 Å². The smallest absolute Gasteiger partial charge is 0.170 e. The van der Waals surface area contributed by atoms with Gasteiger partial charge in [-0.15, -0.1) is 0 Å². The lowest BCUT2D eigenvalue weighted by Gasteiger charge is -2.25. The number of benzene rings is 1. The highest BCUT2D eigenvalue weighted by molar-refractivity contribution is 6.00. The Balaban J connectivity index is 1.99. The van der Waals surface area contributed by atoms with Gasteiger partial charge in [0.2, 0.25) is 0 Å². The van der Waals surface area contributed by atoms with E-state index in [1.54, 1.807) is 4.68 Å². The van der Waals surface area contributed by atoms with E-state index in [-0.39, 0.29) is 11.9 Å². The molecule has 104 valence electrons. The maximum absolute atomic E-state index is 12.3. The Morgan fingerprint density at radius 1 is 1.45 bits per heavy atom. The molecule has 4 nitrogen and oxygen atoms in total. The van der Waals surface area contributed by atoms with Gasteiger partial charge < -0.3 is 4.74 Å². The maximum atomic E-state index is 12.3. The molecule has 1 atom stereocenters. The highest BCUT2D eigenvalue weighted by atomic mass is 16.5. The van der Waals surface area contributed by atoms with Crippen LogP contribution >= 0.6 is 0 Å². The van der Waals surface area contributed by atoms with Crippen LogP contribution < -0.4 is 4.74 Å². The van der Waals surface area contributed by atoms with Crippen LogP contribution in [0.1, 0.15) is 46.6 Å². The molecule has 0 spiro atoms. The van der Waals surface area contributed by atoms with Crippen LogP contribution in [0.5, 0.6) is 5.75 Å². The van der Waals surface area contributed by atoms with Crippen LogP contribution in [0, 0.1) is 6.92 Å². The summed E-state index contributed by atoms with van der Waals surface area (Å²) >= 11 is 0. The molecule has 2 heterocycles. The number of rotatable bonds is 2. The van der Waals surface area contributed by atoms with Gasteiger partial charge in [-0.3, -0.25) is 9.48 Å². The number of ketones is 1. The zero-order valence-corrected chi connectivity index (χ0v) is 12.0. The van der Waals surface area contributed by atoms with E-state index in [4.69, 9.17) is 4.74 Å². The molecule has 20 heavy (non-hydrogen) atoms. The first-order chi connectivity index (χ1) is 9.58. The molecule has 1 aliphatic rings. The van der Waals surface area contributed by atoms with Crippen molar-refractivity contribution in [2.75, 3.05) is 0 Å². The molecular weight excluding hydrogens is 252 g/mol. The lowest BCUT2D eigenvalue weighted by molar-refractivity contribution is 0.0849. The van der Waals surface area contributed by atoms with Crippen LogP contribution in [0.3, 0.4) is 0 Å². The molecule has 1 aromatic carbocycles. The van der Waals surface area contributed by atoms with E-state index in [1.165, 1.54) is 0 Å². The molecule has 0 amide bonds. The van der Waals surface area contributed by atoms with Crippen molar-refractivity contribution in [1.29, 1.82) is 0 Å². The largest absolute Gasteiger partial charge is 0.484 e. The predicted octanol–water partition coefficient (Wildman–Crippen LogP) is 3.00. The zero-order valence-electron chi connectivity index (χ0n) is 12.0. The van der Waals surface area contributed by atoms with Crippen LogP contribution in [-0.2, 0) is 13.5 Å². The van der Waals surface area contributed by atoms with Gasteiger partial charge in [0.25, 0.3) is 0 Å². The number of hydrogen-bond donors (Lipinski definition) is 0. The van der Waals surface area contributed by atoms with Gasteiger partial charge in [-0.25, -0.2) is 0 Å². The van der Waals surface area contributed by atoms with E-state index in [0.29, 0.717) is 17.7 Å². The van der Waals surface area contributed by atoms with E-state index in [2.05, 4.69) is 12.0 Å². The Labute approximate surface area is 118 Å². The third-order valence-corrected chi connectivity index (χ3v) is 3.69. The van der Waals surface area contributed by atoms with Gasteiger partial charge in [-0.05, 0) is 25.5 Å². The number of aromatic nitrogens is 2. The minimum Gasteiger partial charge on any atom is -0.484 e. The van der Waals surface area contributed by atoms with E-state index in [9.17, 15) is 4.79 Å². The number of ether oxygens (including phenoxy) is 1. The van der Waals surface area contributed by atoms with E-state index in [0.717, 1.165) is 23.2 Å². The Kier molecular flexibility index (Phi) is 3.08. The average Bonchev–Trinajstić information content (AvgIpc) is 2.80. The van der Waals surface area contributed by atoms with Gasteiger partial charge in [0.05, 0.1) is 17.7 Å². The van der Waals surface area contributed by atoms with Crippen LogP contribution in [0.25, 0.3) is 0 Å². The molecule has 4 heteroatoms. The number of aryl methyl sites for hydroxylation is 3. The number of hydrogen-bond acceptors (Lipinski definition) is 3. The molecule has 0 N–H and O–H groups in total. The minimum absolute atomic E-state index is 0.144. The van der Waals surface area contributed by atoms with Crippen LogP contribution in [-0.4, -0.2) is 15.6 Å². The van der Waals surface area contributed by atoms with Crippen molar-refractivity contribution in [2.24, 2.45) is 7.05 Å². The molecule has 0 saturated heterocycles. The molecule has 1 aliphatic heterocycles. The highest BCUT2D eigenvalue weighted by Crippen LogP contribution is 2.36. The van der Waals surface area contributed by atoms with Crippen molar-refractivity contribution in [3.05, 3.63) is 46.8 Å². The Morgan fingerprint density at radius 2 is 2.25 bits per heavy atom. The first kappa shape index (κ1) is 12.9. The number of nitrogens with zero attached hydrogens (tertiary/aromatic N) is 2. The SMILES string of the molecule is CCc1nn(C)cc1C1CC(=O)c2cc(C)ccc2O1. The van der Waals surface area contributed by atoms with Crippen molar-refractivity contribution in [3.63, 3.8) is 0 Å². The Bertz CT molecular complexity index is 673. The zero-order chi connectivity index (χ0) is 14.3. The number of fused-ring (bicyclic) bond motifs is 1. The molecule has 0 saturated carbocycles. The third kappa shape index (κ3) is 2.11. The van der Waals surface area contributed by atoms with E-state index >= 15 is 0 Å². The number of carbonyl (C=O) groups excluding carboxylic acids is 1. The summed E-state index contributed by atoms with van der Waals surface area (Å²) in [6.07, 6.45) is 2.96. The Hall–Kier alpha value is -2.10. The van der Waals surface area contributed by atoms with Gasteiger partial charge in [0, 0.05) is 18.8 Å². The van der Waals surface area contributed by atoms with Crippen molar-refractivity contribution in [2.45, 2.75) is 32.8 Å². The second kappa shape index (κ2) is 4.78. The standard InChI is InChI=1S/C16H18N2O2/c1-4-13-12(9-18(3)17-13)16-8-14(19)11-7-10(2)5-6-15(11)20-16/h5-7,9,16H,4,8H2,1-3H3. The van der Waals surface area contributed by atoms with Crippen LogP contribution in [0.2, 0.25) is 0 Å². The van der Waals surface area contributed by atoms with Crippen molar-refractivity contribution < 1.29 is 9.53 Å². The fraction of sp³-hybridized carbons (Fsp3) is 0.375. The number of carbonyl (C=O) groups is 1. The first-order valence-electron chi connectivity index (χ1n) is 6.91. The normalized spacial score (nSPS) is 17.8. The monoisotopic (exact) mass is 270 g/mol. The molecule has 3 rings (SSSR count). The van der Waals surface area contributed by atoms with E-state index in [1.807, 2.05) is 38.4 Å². The second-order valence-electron chi connectivity index (χ2n) is 5.29. The maximum Gasteiger partial charge on any atom is 0.170 e. The summed E-state index contributed by atoms with van der Waals surface area (Å²) in [6, 6.07) is 5.76. The van der Waals surface area contributed by atoms with Gasteiger partial charge in [0.1, 0.15) is 11.9 Å². The molecule has 0 fully saturated rings. The van der Waals surface area contributed by atoms with E-state index < -0.39 is 0 Å². The van der Waals surface area contributed by atoms with Crippen molar-refractivity contribution in [3.8, 4) is 5.75 Å². The van der Waals surface area contributed by atoms with Gasteiger partial charge in [-0.1, -0.05) is 18.6 Å². The molecule has 2 aromatic rings. The molecule has 1 aromatic heterocycles. The van der Waals surface area contributed by atoms with Gasteiger partial charge >= 0.3 is 0 Å². The first-order valence-corrected chi connectivity index (χ1v) is 6.91. The summed E-state index contributed by atoms with van der Waals surface area (Å²) < 4.78 is 7.81. The fourth-order valence-electron chi connectivity index (χ4n) is 2.71. The molecule has 0 bridgehead atoms. The highest BCUT2D eigenvalue weighted by Gasteiger charge is 2.30. The quantitative estimate of drug-likeness (QED) is 0.842. The van der Waals surface area contributed by atoms with Crippen molar-refractivity contribution in [1.82, 2.24) is 9.78 Å². The summed E-state index contributed by atoms with van der Waals surface area (Å²) in [6.45, 7) is 4.05.